The topological polar surface area (TPSA) is 0 Å². The Kier molecular flexibility index (Phi) is 3.55. The number of thioether (sulfide) groups is 1. The number of alkyl halides is 3. The van der Waals surface area contributed by atoms with E-state index in [1.165, 1.54) is 0 Å². The summed E-state index contributed by atoms with van der Waals surface area (Å²) in [4.78, 5) is 1.26. The zero-order valence-electron chi connectivity index (χ0n) is 6.51. The van der Waals surface area contributed by atoms with Gasteiger partial charge in [-0.3, -0.25) is 0 Å². The molecule has 0 atom stereocenters. The molecule has 13 heavy (non-hydrogen) atoms. The van der Waals surface area contributed by atoms with Crippen LogP contribution < -0.4 is 0 Å². The predicted octanol–water partition coefficient (Wildman–Crippen LogP) is 3.63. The first-order valence-corrected chi connectivity index (χ1v) is 4.89. The largest absolute Gasteiger partial charge is 0.398 e. The zero-order valence-corrected chi connectivity index (χ0v) is 8.22. The van der Waals surface area contributed by atoms with Crippen LogP contribution in [0.5, 0.6) is 0 Å². The van der Waals surface area contributed by atoms with Crippen LogP contribution in [0, 0.1) is 0 Å². The first-order valence-electron chi connectivity index (χ1n) is 3.46. The van der Waals surface area contributed by atoms with Crippen molar-refractivity contribution in [1.82, 2.24) is 0 Å². The molecule has 1 aromatic rings. The summed E-state index contributed by atoms with van der Waals surface area (Å²) in [5, 5.41) is 0. The Bertz CT molecular complexity index is 283. The Hall–Kier alpha value is -0.290. The van der Waals surface area contributed by atoms with Crippen molar-refractivity contribution in [3.8, 4) is 0 Å². The van der Waals surface area contributed by atoms with E-state index in [9.17, 15) is 13.2 Å². The van der Waals surface area contributed by atoms with Crippen molar-refractivity contribution in [2.45, 2.75) is 16.0 Å². The third-order valence-electron chi connectivity index (χ3n) is 1.22. The summed E-state index contributed by atoms with van der Waals surface area (Å²) in [7, 11) is 0. The molecule has 0 radical (unpaired) electrons. The smallest absolute Gasteiger partial charge is 0.170 e. The molecule has 1 rings (SSSR count). The summed E-state index contributed by atoms with van der Waals surface area (Å²) in [6.07, 6.45) is -4.11. The van der Waals surface area contributed by atoms with E-state index in [1.807, 2.05) is 0 Å². The van der Waals surface area contributed by atoms with Crippen molar-refractivity contribution in [1.29, 1.82) is 0 Å². The molecule has 0 aliphatic rings. The zero-order chi connectivity index (χ0) is 9.90. The second kappa shape index (κ2) is 4.28. The summed E-state index contributed by atoms with van der Waals surface area (Å²) in [6, 6.07) is 6.65. The minimum atomic E-state index is -4.11. The molecule has 72 valence electrons. The Morgan fingerprint density at radius 1 is 1.31 bits per heavy atom. The van der Waals surface area contributed by atoms with Crippen LogP contribution in [-0.2, 0) is 0 Å². The molecule has 0 bridgehead atoms. The van der Waals surface area contributed by atoms with Crippen LogP contribution >= 0.6 is 24.4 Å². The average Bonchev–Trinajstić information content (AvgIpc) is 2.00. The quantitative estimate of drug-likeness (QED) is 0.591. The lowest BCUT2D eigenvalue weighted by atomic mass is 10.4. The van der Waals surface area contributed by atoms with E-state index in [0.29, 0.717) is 9.79 Å². The standard InChI is InChI=1S/C8H7F3S2/c9-8(10,11)5-13-7-3-1-2-6(12)4-7/h1-4,12H,5H2. The highest BCUT2D eigenvalue weighted by Crippen LogP contribution is 2.27. The van der Waals surface area contributed by atoms with Gasteiger partial charge < -0.3 is 0 Å². The van der Waals surface area contributed by atoms with Gasteiger partial charge in [0.2, 0.25) is 0 Å². The van der Waals surface area contributed by atoms with Crippen LogP contribution in [0.1, 0.15) is 0 Å². The third kappa shape index (κ3) is 4.47. The van der Waals surface area contributed by atoms with E-state index in [0.717, 1.165) is 11.8 Å². The Morgan fingerprint density at radius 2 is 2.00 bits per heavy atom. The normalized spacial score (nSPS) is 11.7. The molecule has 0 saturated heterocycles. The maximum atomic E-state index is 11.8. The highest BCUT2D eigenvalue weighted by molar-refractivity contribution is 7.99. The van der Waals surface area contributed by atoms with Gasteiger partial charge in [0, 0.05) is 9.79 Å². The first-order chi connectivity index (χ1) is 5.97. The number of hydrogen-bond acceptors (Lipinski definition) is 2. The number of halogens is 3. The fourth-order valence-electron chi connectivity index (χ4n) is 0.738. The Balaban J connectivity index is 2.55. The molecule has 0 unspecified atom stereocenters. The minimum absolute atomic E-state index is 0.588. The lowest BCUT2D eigenvalue weighted by Gasteiger charge is -2.05. The fraction of sp³-hybridized carbons (Fsp3) is 0.250. The van der Waals surface area contributed by atoms with E-state index in [-0.39, 0.29) is 0 Å². The van der Waals surface area contributed by atoms with E-state index in [1.54, 1.807) is 24.3 Å². The van der Waals surface area contributed by atoms with Crippen LogP contribution in [0.15, 0.2) is 34.1 Å². The van der Waals surface area contributed by atoms with Crippen LogP contribution in [0.3, 0.4) is 0 Å². The molecular formula is C8H7F3S2. The SMILES string of the molecule is FC(F)(F)CSc1cccc(S)c1. The van der Waals surface area contributed by atoms with Crippen LogP contribution in [0.4, 0.5) is 13.2 Å². The van der Waals surface area contributed by atoms with Crippen LogP contribution in [0.2, 0.25) is 0 Å². The molecule has 0 nitrogen and oxygen atoms in total. The maximum absolute atomic E-state index is 11.8. The summed E-state index contributed by atoms with van der Waals surface area (Å²) in [6.45, 7) is 0. The van der Waals surface area contributed by atoms with E-state index < -0.39 is 11.9 Å². The van der Waals surface area contributed by atoms with Gasteiger partial charge in [-0.2, -0.15) is 13.2 Å². The minimum Gasteiger partial charge on any atom is -0.170 e. The van der Waals surface area contributed by atoms with Gasteiger partial charge in [-0.05, 0) is 18.2 Å². The number of benzene rings is 1. The predicted molar refractivity (Wildman–Crippen MR) is 50.5 cm³/mol. The third-order valence-corrected chi connectivity index (χ3v) is 2.56. The van der Waals surface area contributed by atoms with Crippen molar-refractivity contribution >= 4 is 24.4 Å². The van der Waals surface area contributed by atoms with E-state index >= 15 is 0 Å². The van der Waals surface area contributed by atoms with Gasteiger partial charge in [0.1, 0.15) is 0 Å². The molecule has 0 aliphatic carbocycles. The van der Waals surface area contributed by atoms with Crippen molar-refractivity contribution in [3.63, 3.8) is 0 Å². The van der Waals surface area contributed by atoms with Gasteiger partial charge in [0.25, 0.3) is 0 Å². The van der Waals surface area contributed by atoms with Gasteiger partial charge in [0.15, 0.2) is 0 Å². The van der Waals surface area contributed by atoms with E-state index in [2.05, 4.69) is 12.6 Å². The van der Waals surface area contributed by atoms with E-state index in [4.69, 9.17) is 0 Å². The molecule has 0 amide bonds. The molecule has 0 aromatic heterocycles. The summed E-state index contributed by atoms with van der Waals surface area (Å²) in [5.41, 5.74) is 0. The summed E-state index contributed by atoms with van der Waals surface area (Å²) < 4.78 is 35.4. The molecule has 0 saturated carbocycles. The Labute approximate surface area is 83.9 Å². The molecule has 0 spiro atoms. The molecule has 0 heterocycles. The lowest BCUT2D eigenvalue weighted by molar-refractivity contribution is -0.105. The molecule has 0 fully saturated rings. The van der Waals surface area contributed by atoms with Crippen LogP contribution in [-0.4, -0.2) is 11.9 Å². The van der Waals surface area contributed by atoms with Crippen molar-refractivity contribution < 1.29 is 13.2 Å². The summed E-state index contributed by atoms with van der Waals surface area (Å²) in [5.74, 6) is -0.857. The van der Waals surface area contributed by atoms with Crippen LogP contribution in [0.25, 0.3) is 0 Å². The number of rotatable bonds is 2. The van der Waals surface area contributed by atoms with Crippen molar-refractivity contribution in [2.24, 2.45) is 0 Å². The lowest BCUT2D eigenvalue weighted by Crippen LogP contribution is -2.10. The molecule has 0 aliphatic heterocycles. The van der Waals surface area contributed by atoms with Gasteiger partial charge >= 0.3 is 6.18 Å². The van der Waals surface area contributed by atoms with Gasteiger partial charge in [-0.15, -0.1) is 24.4 Å². The molecule has 1 aromatic carbocycles. The molecule has 5 heteroatoms. The summed E-state index contributed by atoms with van der Waals surface area (Å²) >= 11 is 4.79. The highest BCUT2D eigenvalue weighted by Gasteiger charge is 2.27. The highest BCUT2D eigenvalue weighted by atomic mass is 32.2. The monoisotopic (exact) mass is 224 g/mol. The van der Waals surface area contributed by atoms with Crippen molar-refractivity contribution in [3.05, 3.63) is 24.3 Å². The fourth-order valence-corrected chi connectivity index (χ4v) is 1.77. The molecule has 0 N–H and O–H groups in total. The maximum Gasteiger partial charge on any atom is 0.398 e. The van der Waals surface area contributed by atoms with Crippen molar-refractivity contribution in [2.75, 3.05) is 5.75 Å². The second-order valence-corrected chi connectivity index (χ2v) is 3.97. The average molecular weight is 224 g/mol. The molecular weight excluding hydrogens is 217 g/mol. The first kappa shape index (κ1) is 10.8. The van der Waals surface area contributed by atoms with Gasteiger partial charge in [-0.25, -0.2) is 0 Å². The second-order valence-electron chi connectivity index (χ2n) is 2.40. The number of thiol groups is 1. The number of hydrogen-bond donors (Lipinski definition) is 1. The van der Waals surface area contributed by atoms with Gasteiger partial charge in [0.05, 0.1) is 5.75 Å². The van der Waals surface area contributed by atoms with Gasteiger partial charge in [-0.1, -0.05) is 6.07 Å². The Morgan fingerprint density at radius 3 is 2.54 bits per heavy atom.